The van der Waals surface area contributed by atoms with E-state index < -0.39 is 0 Å². The minimum absolute atomic E-state index is 0.0112. The standard InChI is InChI=1S/C14H20N2O/c1-10-5-3-4-6-12(10)13(17)16-14(2,9-15)11-7-8-11/h3-6,11H,7-9,15H2,1-2H3,(H,16,17). The molecule has 1 amide bonds. The quantitative estimate of drug-likeness (QED) is 0.832. The van der Waals surface area contributed by atoms with Gasteiger partial charge in [0.1, 0.15) is 0 Å². The number of carbonyl (C=O) groups is 1. The van der Waals surface area contributed by atoms with E-state index in [1.54, 1.807) is 0 Å². The fourth-order valence-electron chi connectivity index (χ4n) is 2.19. The summed E-state index contributed by atoms with van der Waals surface area (Å²) in [6.07, 6.45) is 2.34. The van der Waals surface area contributed by atoms with E-state index in [4.69, 9.17) is 5.73 Å². The van der Waals surface area contributed by atoms with Crippen LogP contribution in [0.4, 0.5) is 0 Å². The van der Waals surface area contributed by atoms with E-state index in [2.05, 4.69) is 5.32 Å². The van der Waals surface area contributed by atoms with Crippen LogP contribution in [-0.2, 0) is 0 Å². The van der Waals surface area contributed by atoms with Gasteiger partial charge in [-0.3, -0.25) is 4.79 Å². The van der Waals surface area contributed by atoms with Crippen molar-refractivity contribution in [2.24, 2.45) is 11.7 Å². The molecule has 0 aromatic heterocycles. The summed E-state index contributed by atoms with van der Waals surface area (Å²) in [5.41, 5.74) is 7.29. The van der Waals surface area contributed by atoms with Crippen molar-refractivity contribution >= 4 is 5.91 Å². The van der Waals surface area contributed by atoms with Crippen LogP contribution < -0.4 is 11.1 Å². The number of aryl methyl sites for hydroxylation is 1. The van der Waals surface area contributed by atoms with Crippen molar-refractivity contribution in [3.63, 3.8) is 0 Å². The topological polar surface area (TPSA) is 55.1 Å². The molecule has 0 aliphatic heterocycles. The van der Waals surface area contributed by atoms with E-state index in [0.717, 1.165) is 11.1 Å². The normalized spacial score (nSPS) is 18.5. The van der Waals surface area contributed by atoms with Gasteiger partial charge in [-0.15, -0.1) is 0 Å². The number of benzene rings is 1. The summed E-state index contributed by atoms with van der Waals surface area (Å²) in [5.74, 6) is 0.531. The molecule has 0 heterocycles. The highest BCUT2D eigenvalue weighted by Gasteiger charge is 2.41. The molecule has 92 valence electrons. The van der Waals surface area contributed by atoms with E-state index in [1.165, 1.54) is 12.8 Å². The number of hydrogen-bond donors (Lipinski definition) is 2. The van der Waals surface area contributed by atoms with Crippen molar-refractivity contribution in [2.75, 3.05) is 6.54 Å². The molecular formula is C14H20N2O. The highest BCUT2D eigenvalue weighted by Crippen LogP contribution is 2.39. The molecular weight excluding hydrogens is 212 g/mol. The smallest absolute Gasteiger partial charge is 0.252 e. The minimum Gasteiger partial charge on any atom is -0.345 e. The Balaban J connectivity index is 2.13. The van der Waals surface area contributed by atoms with Crippen LogP contribution in [0, 0.1) is 12.8 Å². The van der Waals surface area contributed by atoms with Gasteiger partial charge in [0, 0.05) is 12.1 Å². The van der Waals surface area contributed by atoms with Crippen molar-refractivity contribution in [1.82, 2.24) is 5.32 Å². The van der Waals surface area contributed by atoms with Crippen LogP contribution in [0.15, 0.2) is 24.3 Å². The second kappa shape index (κ2) is 4.49. The van der Waals surface area contributed by atoms with Gasteiger partial charge in [0.2, 0.25) is 0 Å². The monoisotopic (exact) mass is 232 g/mol. The second-order valence-corrected chi connectivity index (χ2v) is 5.16. The summed E-state index contributed by atoms with van der Waals surface area (Å²) < 4.78 is 0. The molecule has 1 atom stereocenters. The van der Waals surface area contributed by atoms with Crippen LogP contribution in [0.5, 0.6) is 0 Å². The first-order valence-corrected chi connectivity index (χ1v) is 6.15. The average Bonchev–Trinajstić information content (AvgIpc) is 3.13. The molecule has 0 spiro atoms. The average molecular weight is 232 g/mol. The van der Waals surface area contributed by atoms with Gasteiger partial charge in [0.15, 0.2) is 0 Å². The van der Waals surface area contributed by atoms with Gasteiger partial charge in [0.25, 0.3) is 5.91 Å². The molecule has 3 N–H and O–H groups in total. The van der Waals surface area contributed by atoms with Crippen molar-refractivity contribution in [2.45, 2.75) is 32.2 Å². The molecule has 1 aliphatic rings. The van der Waals surface area contributed by atoms with Gasteiger partial charge in [-0.1, -0.05) is 18.2 Å². The number of nitrogens with one attached hydrogen (secondary N) is 1. The Labute approximate surface area is 102 Å². The first-order chi connectivity index (χ1) is 8.07. The molecule has 0 radical (unpaired) electrons. The summed E-state index contributed by atoms with van der Waals surface area (Å²) in [4.78, 5) is 12.2. The van der Waals surface area contributed by atoms with Crippen LogP contribution in [0.2, 0.25) is 0 Å². The molecule has 3 nitrogen and oxygen atoms in total. The Morgan fingerprint density at radius 2 is 2.12 bits per heavy atom. The number of carbonyl (C=O) groups excluding carboxylic acids is 1. The summed E-state index contributed by atoms with van der Waals surface area (Å²) in [7, 11) is 0. The summed E-state index contributed by atoms with van der Waals surface area (Å²) in [6, 6.07) is 7.63. The lowest BCUT2D eigenvalue weighted by Gasteiger charge is -2.29. The molecule has 1 aromatic rings. The lowest BCUT2D eigenvalue weighted by Crippen LogP contribution is -2.53. The zero-order chi connectivity index (χ0) is 12.5. The molecule has 3 heteroatoms. The van der Waals surface area contributed by atoms with Gasteiger partial charge in [-0.05, 0) is 44.2 Å². The zero-order valence-corrected chi connectivity index (χ0v) is 10.5. The van der Waals surface area contributed by atoms with Gasteiger partial charge in [0.05, 0.1) is 5.54 Å². The van der Waals surface area contributed by atoms with Crippen LogP contribution in [-0.4, -0.2) is 18.0 Å². The first kappa shape index (κ1) is 12.1. The Hall–Kier alpha value is -1.35. The molecule has 2 rings (SSSR count). The maximum atomic E-state index is 12.2. The maximum absolute atomic E-state index is 12.2. The Bertz CT molecular complexity index is 426. The van der Waals surface area contributed by atoms with Gasteiger partial charge in [-0.2, -0.15) is 0 Å². The largest absolute Gasteiger partial charge is 0.345 e. The van der Waals surface area contributed by atoms with Gasteiger partial charge < -0.3 is 11.1 Å². The molecule has 1 aromatic carbocycles. The molecule has 17 heavy (non-hydrogen) atoms. The minimum atomic E-state index is -0.251. The predicted octanol–water partition coefficient (Wildman–Crippen LogP) is 1.85. The summed E-state index contributed by atoms with van der Waals surface area (Å²) in [6.45, 7) is 4.49. The van der Waals surface area contributed by atoms with Crippen LogP contribution >= 0.6 is 0 Å². The number of nitrogens with two attached hydrogens (primary N) is 1. The van der Waals surface area contributed by atoms with Crippen molar-refractivity contribution in [1.29, 1.82) is 0 Å². The van der Waals surface area contributed by atoms with E-state index in [0.29, 0.717) is 12.5 Å². The van der Waals surface area contributed by atoms with Gasteiger partial charge >= 0.3 is 0 Å². The van der Waals surface area contributed by atoms with Crippen LogP contribution in [0.3, 0.4) is 0 Å². The Kier molecular flexibility index (Phi) is 3.20. The molecule has 1 fully saturated rings. The van der Waals surface area contributed by atoms with Crippen molar-refractivity contribution < 1.29 is 4.79 Å². The third kappa shape index (κ3) is 2.50. The Morgan fingerprint density at radius 1 is 1.47 bits per heavy atom. The van der Waals surface area contributed by atoms with Crippen LogP contribution in [0.25, 0.3) is 0 Å². The maximum Gasteiger partial charge on any atom is 0.252 e. The second-order valence-electron chi connectivity index (χ2n) is 5.16. The third-order valence-electron chi connectivity index (χ3n) is 3.69. The molecule has 0 saturated heterocycles. The molecule has 1 unspecified atom stereocenters. The summed E-state index contributed by atoms with van der Waals surface area (Å²) >= 11 is 0. The van der Waals surface area contributed by atoms with Crippen molar-refractivity contribution in [3.05, 3.63) is 35.4 Å². The van der Waals surface area contributed by atoms with E-state index in [1.807, 2.05) is 38.1 Å². The van der Waals surface area contributed by atoms with Crippen molar-refractivity contribution in [3.8, 4) is 0 Å². The van der Waals surface area contributed by atoms with E-state index in [9.17, 15) is 4.79 Å². The molecule has 1 saturated carbocycles. The molecule has 0 bridgehead atoms. The predicted molar refractivity (Wildman–Crippen MR) is 68.8 cm³/mol. The Morgan fingerprint density at radius 3 is 2.65 bits per heavy atom. The highest BCUT2D eigenvalue weighted by molar-refractivity contribution is 5.96. The third-order valence-corrected chi connectivity index (χ3v) is 3.69. The zero-order valence-electron chi connectivity index (χ0n) is 10.5. The highest BCUT2D eigenvalue weighted by atomic mass is 16.1. The summed E-state index contributed by atoms with van der Waals surface area (Å²) in [5, 5.41) is 3.10. The van der Waals surface area contributed by atoms with Crippen LogP contribution in [0.1, 0.15) is 35.7 Å². The number of hydrogen-bond acceptors (Lipinski definition) is 2. The molecule has 1 aliphatic carbocycles. The van der Waals surface area contributed by atoms with E-state index in [-0.39, 0.29) is 11.4 Å². The van der Waals surface area contributed by atoms with Gasteiger partial charge in [-0.25, -0.2) is 0 Å². The fraction of sp³-hybridized carbons (Fsp3) is 0.500. The van der Waals surface area contributed by atoms with E-state index >= 15 is 0 Å². The lowest BCUT2D eigenvalue weighted by atomic mass is 9.95. The number of rotatable bonds is 4. The SMILES string of the molecule is Cc1ccccc1C(=O)NC(C)(CN)C1CC1. The first-order valence-electron chi connectivity index (χ1n) is 6.15. The lowest BCUT2D eigenvalue weighted by molar-refractivity contribution is 0.0897. The number of amides is 1. The fourth-order valence-corrected chi connectivity index (χ4v) is 2.19.